The number of amides is 3. The van der Waals surface area contributed by atoms with Gasteiger partial charge in [0.15, 0.2) is 0 Å². The van der Waals surface area contributed by atoms with Crippen molar-refractivity contribution in [1.29, 1.82) is 0 Å². The van der Waals surface area contributed by atoms with E-state index >= 15 is 0 Å². The van der Waals surface area contributed by atoms with E-state index in [1.807, 2.05) is 31.2 Å². The van der Waals surface area contributed by atoms with Crippen LogP contribution in [-0.4, -0.2) is 50.4 Å². The molecule has 3 amide bonds. The second-order valence-electron chi connectivity index (χ2n) is 6.32. The summed E-state index contributed by atoms with van der Waals surface area (Å²) in [5, 5.41) is 5.69. The Hall–Kier alpha value is -2.28. The number of rotatable bonds is 6. The van der Waals surface area contributed by atoms with Crippen molar-refractivity contribution in [3.05, 3.63) is 24.3 Å². The maximum atomic E-state index is 12.2. The quantitative estimate of drug-likeness (QED) is 0.820. The highest BCUT2D eigenvalue weighted by Gasteiger charge is 2.31. The number of benzene rings is 1. The van der Waals surface area contributed by atoms with Gasteiger partial charge in [-0.25, -0.2) is 4.79 Å². The highest BCUT2D eigenvalue weighted by molar-refractivity contribution is 5.96. The molecule has 0 aromatic heterocycles. The fourth-order valence-corrected chi connectivity index (χ4v) is 3.19. The molecule has 0 bridgehead atoms. The van der Waals surface area contributed by atoms with Gasteiger partial charge in [-0.05, 0) is 44.0 Å². The van der Waals surface area contributed by atoms with Crippen LogP contribution in [0.5, 0.6) is 5.75 Å². The molecule has 0 unspecified atom stereocenters. The number of carbonyl (C=O) groups excluding carboxylic acids is 2. The number of urea groups is 1. The minimum absolute atomic E-state index is 0.00795. The molecule has 25 heavy (non-hydrogen) atoms. The van der Waals surface area contributed by atoms with Crippen molar-refractivity contribution < 1.29 is 19.1 Å². The van der Waals surface area contributed by atoms with Crippen molar-refractivity contribution in [1.82, 2.24) is 10.6 Å². The molecule has 0 saturated carbocycles. The first-order valence-corrected chi connectivity index (χ1v) is 8.85. The van der Waals surface area contributed by atoms with E-state index in [0.717, 1.165) is 30.9 Å². The summed E-state index contributed by atoms with van der Waals surface area (Å²) in [6.07, 6.45) is 2.44. The third-order valence-corrected chi connectivity index (χ3v) is 4.43. The van der Waals surface area contributed by atoms with Gasteiger partial charge in [0.05, 0.1) is 18.8 Å². The first kappa shape index (κ1) is 17.5. The zero-order valence-corrected chi connectivity index (χ0v) is 14.5. The number of anilines is 1. The fraction of sp³-hybridized carbons (Fsp3) is 0.556. The monoisotopic (exact) mass is 347 g/mol. The second-order valence-corrected chi connectivity index (χ2v) is 6.32. The molecule has 2 atom stereocenters. The predicted octanol–water partition coefficient (Wildman–Crippen LogP) is 1.67. The molecule has 2 aliphatic rings. The third kappa shape index (κ3) is 4.63. The molecule has 0 spiro atoms. The number of ether oxygens (including phenoxy) is 2. The first-order chi connectivity index (χ1) is 12.2. The Balaban J connectivity index is 1.48. The van der Waals surface area contributed by atoms with Gasteiger partial charge in [-0.3, -0.25) is 4.79 Å². The van der Waals surface area contributed by atoms with Crippen molar-refractivity contribution in [2.45, 2.75) is 38.3 Å². The van der Waals surface area contributed by atoms with Crippen LogP contribution in [0.4, 0.5) is 10.5 Å². The Morgan fingerprint density at radius 1 is 1.36 bits per heavy atom. The van der Waals surface area contributed by atoms with Gasteiger partial charge in [0.2, 0.25) is 5.91 Å². The molecule has 1 aromatic rings. The van der Waals surface area contributed by atoms with E-state index in [-0.39, 0.29) is 24.1 Å². The number of nitrogens with one attached hydrogen (secondary N) is 2. The summed E-state index contributed by atoms with van der Waals surface area (Å²) in [6, 6.07) is 6.99. The number of carbonyl (C=O) groups is 2. The van der Waals surface area contributed by atoms with Crippen LogP contribution in [0, 0.1) is 0 Å². The van der Waals surface area contributed by atoms with Crippen LogP contribution in [0.15, 0.2) is 24.3 Å². The van der Waals surface area contributed by atoms with Crippen molar-refractivity contribution >= 4 is 17.6 Å². The van der Waals surface area contributed by atoms with Gasteiger partial charge in [0.25, 0.3) is 0 Å². The lowest BCUT2D eigenvalue weighted by atomic mass is 10.2. The average molecular weight is 347 g/mol. The molecule has 0 aliphatic carbocycles. The lowest BCUT2D eigenvalue weighted by Gasteiger charge is -2.18. The van der Waals surface area contributed by atoms with Crippen molar-refractivity contribution in [2.75, 3.05) is 31.2 Å². The Morgan fingerprint density at radius 2 is 2.16 bits per heavy atom. The SMILES string of the molecule is CCOc1ccc(N2C[C@H](NC(=O)NC[C@@H]3CCCO3)CC2=O)cc1. The van der Waals surface area contributed by atoms with E-state index in [1.165, 1.54) is 0 Å². The van der Waals surface area contributed by atoms with Crippen LogP contribution in [-0.2, 0) is 9.53 Å². The molecule has 1 aromatic carbocycles. The number of hydrogen-bond donors (Lipinski definition) is 2. The lowest BCUT2D eigenvalue weighted by Crippen LogP contribution is -2.45. The van der Waals surface area contributed by atoms with E-state index < -0.39 is 0 Å². The van der Waals surface area contributed by atoms with Crippen molar-refractivity contribution in [3.8, 4) is 5.75 Å². The fourth-order valence-electron chi connectivity index (χ4n) is 3.19. The molecule has 2 fully saturated rings. The van der Waals surface area contributed by atoms with Gasteiger partial charge >= 0.3 is 6.03 Å². The lowest BCUT2D eigenvalue weighted by molar-refractivity contribution is -0.117. The third-order valence-electron chi connectivity index (χ3n) is 4.43. The van der Waals surface area contributed by atoms with E-state index in [2.05, 4.69) is 10.6 Å². The Kier molecular flexibility index (Phi) is 5.75. The first-order valence-electron chi connectivity index (χ1n) is 8.85. The Labute approximate surface area is 147 Å². The summed E-state index contributed by atoms with van der Waals surface area (Å²) in [6.45, 7) is 4.28. The summed E-state index contributed by atoms with van der Waals surface area (Å²) >= 11 is 0. The van der Waals surface area contributed by atoms with Gasteiger partial charge in [0.1, 0.15) is 5.75 Å². The zero-order valence-electron chi connectivity index (χ0n) is 14.5. The summed E-state index contributed by atoms with van der Waals surface area (Å²) in [5.74, 6) is 0.787. The molecular weight excluding hydrogens is 322 g/mol. The van der Waals surface area contributed by atoms with Crippen LogP contribution in [0.3, 0.4) is 0 Å². The van der Waals surface area contributed by atoms with Crippen LogP contribution < -0.4 is 20.3 Å². The summed E-state index contributed by atoms with van der Waals surface area (Å²) in [5.41, 5.74) is 0.817. The minimum atomic E-state index is -0.248. The highest BCUT2D eigenvalue weighted by atomic mass is 16.5. The molecule has 2 aliphatic heterocycles. The van der Waals surface area contributed by atoms with Crippen molar-refractivity contribution in [2.24, 2.45) is 0 Å². The van der Waals surface area contributed by atoms with Gasteiger partial charge in [-0.1, -0.05) is 0 Å². The van der Waals surface area contributed by atoms with Crippen LogP contribution in [0.25, 0.3) is 0 Å². The topological polar surface area (TPSA) is 79.9 Å². The smallest absolute Gasteiger partial charge is 0.315 e. The zero-order chi connectivity index (χ0) is 17.6. The predicted molar refractivity (Wildman–Crippen MR) is 93.9 cm³/mol. The minimum Gasteiger partial charge on any atom is -0.494 e. The summed E-state index contributed by atoms with van der Waals surface area (Å²) < 4.78 is 10.9. The van der Waals surface area contributed by atoms with E-state index in [4.69, 9.17) is 9.47 Å². The van der Waals surface area contributed by atoms with Gasteiger partial charge < -0.3 is 25.0 Å². The average Bonchev–Trinajstić information content (AvgIpc) is 3.24. The van der Waals surface area contributed by atoms with Crippen molar-refractivity contribution in [3.63, 3.8) is 0 Å². The number of hydrogen-bond acceptors (Lipinski definition) is 4. The highest BCUT2D eigenvalue weighted by Crippen LogP contribution is 2.24. The molecule has 2 N–H and O–H groups in total. The molecule has 7 nitrogen and oxygen atoms in total. The Bertz CT molecular complexity index is 599. The van der Waals surface area contributed by atoms with Crippen LogP contribution in [0.1, 0.15) is 26.2 Å². The largest absolute Gasteiger partial charge is 0.494 e. The second kappa shape index (κ2) is 8.20. The maximum absolute atomic E-state index is 12.2. The van der Waals surface area contributed by atoms with Gasteiger partial charge in [-0.2, -0.15) is 0 Å². The van der Waals surface area contributed by atoms with Gasteiger partial charge in [-0.15, -0.1) is 0 Å². The summed E-state index contributed by atoms with van der Waals surface area (Å²) in [4.78, 5) is 25.9. The number of nitrogens with zero attached hydrogens (tertiary/aromatic N) is 1. The Morgan fingerprint density at radius 3 is 2.84 bits per heavy atom. The maximum Gasteiger partial charge on any atom is 0.315 e. The van der Waals surface area contributed by atoms with Crippen LogP contribution >= 0.6 is 0 Å². The van der Waals surface area contributed by atoms with E-state index in [0.29, 0.717) is 26.1 Å². The molecule has 3 rings (SSSR count). The van der Waals surface area contributed by atoms with E-state index in [9.17, 15) is 9.59 Å². The molecule has 7 heteroatoms. The molecule has 136 valence electrons. The van der Waals surface area contributed by atoms with E-state index in [1.54, 1.807) is 4.90 Å². The van der Waals surface area contributed by atoms with Gasteiger partial charge in [0, 0.05) is 31.8 Å². The normalized spacial score (nSPS) is 22.9. The summed E-state index contributed by atoms with van der Waals surface area (Å²) in [7, 11) is 0. The molecule has 2 heterocycles. The molecule has 0 radical (unpaired) electrons. The molecule has 2 saturated heterocycles. The molecular formula is C18H25N3O4. The van der Waals surface area contributed by atoms with Crippen LogP contribution in [0.2, 0.25) is 0 Å². The standard InChI is InChI=1S/C18H25N3O4/c1-2-24-15-7-5-14(6-8-15)21-12-13(10-17(21)22)20-18(23)19-11-16-4-3-9-25-16/h5-8,13,16H,2-4,9-12H2,1H3,(H2,19,20,23)/t13-,16+/m1/s1.